The molecule has 0 aliphatic heterocycles. The van der Waals surface area contributed by atoms with E-state index in [1.807, 2.05) is 60.9 Å². The van der Waals surface area contributed by atoms with Crippen LogP contribution in [-0.2, 0) is 0 Å². The summed E-state index contributed by atoms with van der Waals surface area (Å²) < 4.78 is 2.20. The van der Waals surface area contributed by atoms with E-state index in [-0.39, 0.29) is 5.78 Å². The Morgan fingerprint density at radius 1 is 0.600 bits per heavy atom. The third kappa shape index (κ3) is 6.43. The molecule has 5 rings (SSSR count). The van der Waals surface area contributed by atoms with Gasteiger partial charge in [0.05, 0.1) is 5.69 Å². The number of imidazole rings is 1. The number of hydrogen-bond donors (Lipinski definition) is 0. The molecule has 0 N–H and O–H groups in total. The van der Waals surface area contributed by atoms with Crippen molar-refractivity contribution in [1.82, 2.24) is 9.55 Å². The van der Waals surface area contributed by atoms with Gasteiger partial charge in [-0.15, -0.1) is 0 Å². The first-order chi connectivity index (χ1) is 21.6. The van der Waals surface area contributed by atoms with E-state index in [9.17, 15) is 4.79 Å². The van der Waals surface area contributed by atoms with Gasteiger partial charge in [-0.05, 0) is 64.0 Å². The van der Waals surface area contributed by atoms with Gasteiger partial charge < -0.3 is 0 Å². The average Bonchev–Trinajstić information content (AvgIpc) is 3.46. The summed E-state index contributed by atoms with van der Waals surface area (Å²) in [4.78, 5) is 18.8. The Balaban J connectivity index is 1.83. The second kappa shape index (κ2) is 13.5. The molecule has 4 aromatic carbocycles. The molecule has 0 saturated carbocycles. The molecule has 0 radical (unpaired) electrons. The molecule has 1 heterocycles. The maximum absolute atomic E-state index is 13.6. The first kappa shape index (κ1) is 31.7. The van der Waals surface area contributed by atoms with Crippen molar-refractivity contribution < 1.29 is 4.79 Å². The molecule has 0 aliphatic carbocycles. The van der Waals surface area contributed by atoms with Gasteiger partial charge in [0.25, 0.3) is 0 Å². The van der Waals surface area contributed by atoms with Gasteiger partial charge in [-0.25, -0.2) is 4.98 Å². The highest BCUT2D eigenvalue weighted by molar-refractivity contribution is 6.10. The molecule has 0 atom stereocenters. The molecule has 3 nitrogen and oxygen atoms in total. The van der Waals surface area contributed by atoms with Crippen molar-refractivity contribution in [3.63, 3.8) is 0 Å². The zero-order chi connectivity index (χ0) is 32.2. The lowest BCUT2D eigenvalue weighted by Crippen LogP contribution is -2.09. The molecule has 0 bridgehead atoms. The molecule has 0 saturated heterocycles. The Hall–Kier alpha value is -4.68. The third-order valence-corrected chi connectivity index (χ3v) is 8.48. The Bertz CT molecular complexity index is 1740. The van der Waals surface area contributed by atoms with Crippen LogP contribution in [-0.4, -0.2) is 15.3 Å². The zero-order valence-corrected chi connectivity index (χ0v) is 27.8. The largest absolute Gasteiger partial charge is 0.291 e. The summed E-state index contributed by atoms with van der Waals surface area (Å²) >= 11 is 0. The van der Waals surface area contributed by atoms with E-state index in [0.29, 0.717) is 40.4 Å². The van der Waals surface area contributed by atoms with Crippen LogP contribution in [0.15, 0.2) is 97.3 Å². The van der Waals surface area contributed by atoms with Gasteiger partial charge in [0.2, 0.25) is 0 Å². The van der Waals surface area contributed by atoms with Crippen LogP contribution >= 0.6 is 0 Å². The minimum atomic E-state index is -0.0336. The highest BCUT2D eigenvalue weighted by Crippen LogP contribution is 2.39. The Labute approximate surface area is 269 Å². The maximum atomic E-state index is 13.6. The van der Waals surface area contributed by atoms with Crippen LogP contribution in [0.5, 0.6) is 0 Å². The minimum Gasteiger partial charge on any atom is -0.291 e. The summed E-state index contributed by atoms with van der Waals surface area (Å²) in [5, 5.41) is 0. The van der Waals surface area contributed by atoms with E-state index < -0.39 is 0 Å². The molecule has 1 aromatic heterocycles. The topological polar surface area (TPSA) is 34.9 Å². The van der Waals surface area contributed by atoms with E-state index in [4.69, 9.17) is 4.98 Å². The normalized spacial score (nSPS) is 11.4. The van der Waals surface area contributed by atoms with Crippen LogP contribution in [0, 0.1) is 11.8 Å². The van der Waals surface area contributed by atoms with Crippen LogP contribution in [0.25, 0.3) is 16.9 Å². The molecule has 5 aromatic rings. The summed E-state index contributed by atoms with van der Waals surface area (Å²) in [6, 6.07) is 30.3. The highest BCUT2D eigenvalue weighted by atomic mass is 16.1. The number of nitrogens with zero attached hydrogens (tertiary/aromatic N) is 2. The van der Waals surface area contributed by atoms with Crippen LogP contribution < -0.4 is 0 Å². The molecule has 0 amide bonds. The predicted molar refractivity (Wildman–Crippen MR) is 188 cm³/mol. The van der Waals surface area contributed by atoms with Crippen LogP contribution in [0.3, 0.4) is 0 Å². The van der Waals surface area contributed by atoms with Crippen molar-refractivity contribution in [2.45, 2.75) is 79.1 Å². The molecular formula is C42H44N2O. The fourth-order valence-corrected chi connectivity index (χ4v) is 6.10. The second-order valence-corrected chi connectivity index (χ2v) is 13.0. The monoisotopic (exact) mass is 592 g/mol. The first-order valence-electron chi connectivity index (χ1n) is 16.1. The van der Waals surface area contributed by atoms with Gasteiger partial charge in [0.1, 0.15) is 17.7 Å². The van der Waals surface area contributed by atoms with Gasteiger partial charge in [-0.2, -0.15) is 0 Å². The Morgan fingerprint density at radius 3 is 1.67 bits per heavy atom. The van der Waals surface area contributed by atoms with E-state index in [2.05, 4.69) is 108 Å². The Kier molecular flexibility index (Phi) is 9.54. The molecule has 45 heavy (non-hydrogen) atoms. The molecular weight excluding hydrogens is 548 g/mol. The summed E-state index contributed by atoms with van der Waals surface area (Å²) in [5.41, 5.74) is 11.0. The van der Waals surface area contributed by atoms with Gasteiger partial charge in [0.15, 0.2) is 5.78 Å². The van der Waals surface area contributed by atoms with Crippen LogP contribution in [0.2, 0.25) is 0 Å². The SMILES string of the molecule is CC(C)c1cccc(C(C)C)c1-c1ncn(-c2c(C(C)C)cccc2C(C)C)c1C#Cc1ccccc1C(=O)c1ccccc1. The van der Waals surface area contributed by atoms with E-state index in [0.717, 1.165) is 22.6 Å². The summed E-state index contributed by atoms with van der Waals surface area (Å²) in [7, 11) is 0. The molecule has 0 aliphatic rings. The number of para-hydroxylation sites is 1. The number of hydrogen-bond acceptors (Lipinski definition) is 2. The second-order valence-electron chi connectivity index (χ2n) is 13.0. The van der Waals surface area contributed by atoms with E-state index in [1.54, 1.807) is 0 Å². The number of carbonyl (C=O) groups excluding carboxylic acids is 1. The molecule has 3 heteroatoms. The Morgan fingerprint density at radius 2 is 1.11 bits per heavy atom. The van der Waals surface area contributed by atoms with Crippen molar-refractivity contribution in [2.24, 2.45) is 0 Å². The van der Waals surface area contributed by atoms with E-state index in [1.165, 1.54) is 22.3 Å². The van der Waals surface area contributed by atoms with Crippen LogP contribution in [0.1, 0.15) is 128 Å². The molecule has 0 unspecified atom stereocenters. The number of rotatable bonds is 8. The average molecular weight is 593 g/mol. The van der Waals surface area contributed by atoms with Crippen molar-refractivity contribution in [1.29, 1.82) is 0 Å². The highest BCUT2D eigenvalue weighted by Gasteiger charge is 2.24. The van der Waals surface area contributed by atoms with Crippen LogP contribution in [0.4, 0.5) is 0 Å². The number of benzene rings is 4. The zero-order valence-electron chi connectivity index (χ0n) is 27.8. The van der Waals surface area contributed by atoms with Gasteiger partial charge in [-0.1, -0.05) is 140 Å². The summed E-state index contributed by atoms with van der Waals surface area (Å²) in [6.45, 7) is 17.9. The van der Waals surface area contributed by atoms with E-state index >= 15 is 0 Å². The summed E-state index contributed by atoms with van der Waals surface area (Å²) in [6.07, 6.45) is 1.95. The number of aromatic nitrogens is 2. The standard InChI is InChI=1S/C42H44N2O/c1-27(2)33-20-14-21-34(28(3)4)39(33)40-38(44(26-43-40)41-35(29(5)6)22-15-23-36(41)30(7)8)25-24-31-16-12-13-19-37(31)42(45)32-17-10-9-11-18-32/h9-23,26-30H,1-8H3. The molecule has 228 valence electrons. The number of ketones is 1. The first-order valence-corrected chi connectivity index (χ1v) is 16.1. The summed E-state index contributed by atoms with van der Waals surface area (Å²) in [5.74, 6) is 8.24. The lowest BCUT2D eigenvalue weighted by molar-refractivity contribution is 0.103. The minimum absolute atomic E-state index is 0.0336. The number of carbonyl (C=O) groups is 1. The molecule has 0 spiro atoms. The smallest absolute Gasteiger partial charge is 0.194 e. The fourth-order valence-electron chi connectivity index (χ4n) is 6.10. The lowest BCUT2D eigenvalue weighted by Gasteiger charge is -2.22. The quantitative estimate of drug-likeness (QED) is 0.133. The third-order valence-electron chi connectivity index (χ3n) is 8.48. The van der Waals surface area contributed by atoms with Crippen molar-refractivity contribution in [3.8, 4) is 28.8 Å². The predicted octanol–water partition coefficient (Wildman–Crippen LogP) is 10.7. The van der Waals surface area contributed by atoms with Gasteiger partial charge >= 0.3 is 0 Å². The lowest BCUT2D eigenvalue weighted by atomic mass is 9.86. The maximum Gasteiger partial charge on any atom is 0.194 e. The van der Waals surface area contributed by atoms with Crippen molar-refractivity contribution in [3.05, 3.63) is 142 Å². The molecule has 0 fully saturated rings. The van der Waals surface area contributed by atoms with Crippen molar-refractivity contribution in [2.75, 3.05) is 0 Å². The fraction of sp³-hybridized carbons (Fsp3) is 0.286. The van der Waals surface area contributed by atoms with Crippen molar-refractivity contribution >= 4 is 5.78 Å². The van der Waals surface area contributed by atoms with Gasteiger partial charge in [-0.3, -0.25) is 9.36 Å². The van der Waals surface area contributed by atoms with Gasteiger partial charge in [0, 0.05) is 22.3 Å².